The third-order valence-corrected chi connectivity index (χ3v) is 4.42. The van der Waals surface area contributed by atoms with Gasteiger partial charge in [-0.1, -0.05) is 23.7 Å². The zero-order chi connectivity index (χ0) is 21.9. The first-order chi connectivity index (χ1) is 14.4. The first kappa shape index (κ1) is 23.0. The molecule has 0 aliphatic heterocycles. The van der Waals surface area contributed by atoms with E-state index in [1.54, 1.807) is 31.3 Å². The van der Waals surface area contributed by atoms with Crippen molar-refractivity contribution in [3.05, 3.63) is 64.7 Å². The topological polar surface area (TPSA) is 109 Å². The van der Waals surface area contributed by atoms with Crippen LogP contribution in [0.4, 0.5) is 0 Å². The number of benzene rings is 2. The molecule has 30 heavy (non-hydrogen) atoms. The minimum atomic E-state index is -0.585. The Morgan fingerprint density at radius 1 is 1.10 bits per heavy atom. The van der Waals surface area contributed by atoms with Crippen LogP contribution in [0.3, 0.4) is 0 Å². The van der Waals surface area contributed by atoms with E-state index < -0.39 is 5.91 Å². The average molecular weight is 432 g/mol. The number of hydrogen-bond acceptors (Lipinski definition) is 4. The van der Waals surface area contributed by atoms with Crippen LogP contribution in [0.1, 0.15) is 15.9 Å². The Balaban J connectivity index is 1.79. The number of guanidine groups is 1. The van der Waals surface area contributed by atoms with Crippen molar-refractivity contribution in [2.24, 2.45) is 10.7 Å². The van der Waals surface area contributed by atoms with Crippen LogP contribution in [0.2, 0.25) is 5.02 Å². The van der Waals surface area contributed by atoms with Gasteiger partial charge in [-0.05, 0) is 42.0 Å². The number of hydrogen-bond donors (Lipinski definition) is 3. The summed E-state index contributed by atoms with van der Waals surface area (Å²) in [6, 6.07) is 14.3. The van der Waals surface area contributed by atoms with Crippen LogP contribution >= 0.6 is 11.6 Å². The summed E-state index contributed by atoms with van der Waals surface area (Å²) in [5, 5.41) is 6.39. The van der Waals surface area contributed by atoms with Crippen LogP contribution in [0.25, 0.3) is 0 Å². The lowest BCUT2D eigenvalue weighted by Crippen LogP contribution is -2.40. The summed E-state index contributed by atoms with van der Waals surface area (Å²) in [7, 11) is 3.64. The summed E-state index contributed by atoms with van der Waals surface area (Å²) in [5.74, 6) is 0.552. The quantitative estimate of drug-likeness (QED) is 0.413. The highest BCUT2D eigenvalue weighted by Gasteiger charge is 2.08. The first-order valence-corrected chi connectivity index (χ1v) is 9.72. The summed E-state index contributed by atoms with van der Waals surface area (Å²) in [6.45, 7) is 1.49. The van der Waals surface area contributed by atoms with Gasteiger partial charge in [-0.3, -0.25) is 14.6 Å². The summed E-state index contributed by atoms with van der Waals surface area (Å²) in [4.78, 5) is 28.9. The Bertz CT molecular complexity index is 869. The second kappa shape index (κ2) is 11.7. The van der Waals surface area contributed by atoms with Crippen molar-refractivity contribution in [3.63, 3.8) is 0 Å². The fourth-order valence-electron chi connectivity index (χ4n) is 2.55. The molecule has 2 aromatic rings. The zero-order valence-electron chi connectivity index (χ0n) is 17.0. The lowest BCUT2D eigenvalue weighted by atomic mass is 10.1. The normalized spacial score (nSPS) is 11.0. The van der Waals surface area contributed by atoms with Gasteiger partial charge < -0.3 is 26.0 Å². The van der Waals surface area contributed by atoms with E-state index in [1.807, 2.05) is 36.2 Å². The predicted molar refractivity (Wildman–Crippen MR) is 118 cm³/mol. The molecular weight excluding hydrogens is 406 g/mol. The molecule has 160 valence electrons. The van der Waals surface area contributed by atoms with Crippen LogP contribution in [-0.4, -0.2) is 56.5 Å². The van der Waals surface area contributed by atoms with E-state index in [4.69, 9.17) is 22.1 Å². The molecule has 2 aromatic carbocycles. The number of aliphatic imine (C=N–C) groups is 1. The molecule has 0 unspecified atom stereocenters. The summed E-state index contributed by atoms with van der Waals surface area (Å²) in [5.41, 5.74) is 6.46. The molecule has 8 nitrogen and oxygen atoms in total. The molecule has 0 bridgehead atoms. The van der Waals surface area contributed by atoms with Crippen LogP contribution in [0.5, 0.6) is 5.75 Å². The van der Waals surface area contributed by atoms with Crippen LogP contribution in [-0.2, 0) is 11.3 Å². The third-order valence-electron chi connectivity index (χ3n) is 4.17. The number of halogens is 1. The van der Waals surface area contributed by atoms with Crippen molar-refractivity contribution >= 4 is 29.4 Å². The lowest BCUT2D eigenvalue weighted by Gasteiger charge is -2.22. The summed E-state index contributed by atoms with van der Waals surface area (Å²) in [6.07, 6.45) is 0. The predicted octanol–water partition coefficient (Wildman–Crippen LogP) is 1.64. The smallest absolute Gasteiger partial charge is 0.251 e. The Morgan fingerprint density at radius 2 is 1.77 bits per heavy atom. The second-order valence-electron chi connectivity index (χ2n) is 6.47. The maximum atomic E-state index is 11.9. The Morgan fingerprint density at radius 3 is 2.37 bits per heavy atom. The van der Waals surface area contributed by atoms with Gasteiger partial charge in [-0.2, -0.15) is 0 Å². The molecule has 4 N–H and O–H groups in total. The van der Waals surface area contributed by atoms with E-state index in [2.05, 4.69) is 15.6 Å². The lowest BCUT2D eigenvalue weighted by molar-refractivity contribution is -0.117. The molecule has 2 rings (SSSR count). The Hall–Kier alpha value is -3.26. The number of nitrogens with two attached hydrogens (primary N) is 1. The van der Waals surface area contributed by atoms with E-state index in [0.717, 1.165) is 17.3 Å². The van der Waals surface area contributed by atoms with Gasteiger partial charge in [0.15, 0.2) is 5.96 Å². The molecule has 0 fully saturated rings. The number of amides is 2. The zero-order valence-corrected chi connectivity index (χ0v) is 17.8. The van der Waals surface area contributed by atoms with Gasteiger partial charge in [0.2, 0.25) is 5.91 Å². The van der Waals surface area contributed by atoms with Gasteiger partial charge in [-0.15, -0.1) is 0 Å². The maximum absolute atomic E-state index is 11.9. The molecule has 2 amide bonds. The third kappa shape index (κ3) is 7.63. The summed E-state index contributed by atoms with van der Waals surface area (Å²) < 4.78 is 5.71. The minimum Gasteiger partial charge on any atom is -0.492 e. The van der Waals surface area contributed by atoms with E-state index in [-0.39, 0.29) is 12.5 Å². The van der Waals surface area contributed by atoms with Crippen molar-refractivity contribution in [3.8, 4) is 5.75 Å². The monoisotopic (exact) mass is 431 g/mol. The Labute approximate surface area is 181 Å². The summed E-state index contributed by atoms with van der Waals surface area (Å²) >= 11 is 5.87. The standard InChI is InChI=1S/C21H26ClN5O3/c1-24-21(27(2)11-12-30-18-9-7-17(22)8-10-18)26-13-15-3-5-16(6-4-15)20(29)25-14-19(23)28/h3-10H,11-14H2,1-2H3,(H2,23,28)(H,24,26)(H,25,29). The van der Waals surface area contributed by atoms with Crippen molar-refractivity contribution in [2.45, 2.75) is 6.54 Å². The number of rotatable bonds is 9. The maximum Gasteiger partial charge on any atom is 0.251 e. The van der Waals surface area contributed by atoms with E-state index in [0.29, 0.717) is 30.3 Å². The number of ether oxygens (including phenoxy) is 1. The molecule has 0 heterocycles. The molecule has 0 atom stereocenters. The van der Waals surface area contributed by atoms with E-state index in [1.165, 1.54) is 0 Å². The molecule has 0 spiro atoms. The fourth-order valence-corrected chi connectivity index (χ4v) is 2.67. The van der Waals surface area contributed by atoms with Crippen LogP contribution in [0.15, 0.2) is 53.5 Å². The molecule has 0 aliphatic rings. The number of nitrogens with zero attached hydrogens (tertiary/aromatic N) is 2. The molecule has 0 saturated heterocycles. The van der Waals surface area contributed by atoms with Gasteiger partial charge in [0.1, 0.15) is 12.4 Å². The second-order valence-corrected chi connectivity index (χ2v) is 6.91. The van der Waals surface area contributed by atoms with E-state index >= 15 is 0 Å². The molecule has 0 saturated carbocycles. The van der Waals surface area contributed by atoms with Gasteiger partial charge >= 0.3 is 0 Å². The minimum absolute atomic E-state index is 0.188. The van der Waals surface area contributed by atoms with Gasteiger partial charge in [-0.25, -0.2) is 0 Å². The van der Waals surface area contributed by atoms with Crippen LogP contribution in [0, 0.1) is 0 Å². The first-order valence-electron chi connectivity index (χ1n) is 9.34. The molecule has 0 aromatic heterocycles. The number of carbonyl (C=O) groups excluding carboxylic acids is 2. The van der Waals surface area contributed by atoms with E-state index in [9.17, 15) is 9.59 Å². The number of carbonyl (C=O) groups is 2. The van der Waals surface area contributed by atoms with Crippen molar-refractivity contribution in [1.82, 2.24) is 15.5 Å². The number of nitrogens with one attached hydrogen (secondary N) is 2. The molecule has 0 radical (unpaired) electrons. The highest BCUT2D eigenvalue weighted by atomic mass is 35.5. The number of primary amides is 1. The molecular formula is C21H26ClN5O3. The highest BCUT2D eigenvalue weighted by Crippen LogP contribution is 2.15. The van der Waals surface area contributed by atoms with Gasteiger partial charge in [0.25, 0.3) is 5.91 Å². The van der Waals surface area contributed by atoms with Crippen molar-refractivity contribution in [2.75, 3.05) is 33.8 Å². The van der Waals surface area contributed by atoms with Crippen molar-refractivity contribution in [1.29, 1.82) is 0 Å². The fraction of sp³-hybridized carbons (Fsp3) is 0.286. The Kier molecular flexibility index (Phi) is 8.96. The average Bonchev–Trinajstić information content (AvgIpc) is 2.74. The molecule has 0 aliphatic carbocycles. The van der Waals surface area contributed by atoms with Gasteiger partial charge in [0, 0.05) is 31.2 Å². The SMILES string of the molecule is CN=C(NCc1ccc(C(=O)NCC(N)=O)cc1)N(C)CCOc1ccc(Cl)cc1. The van der Waals surface area contributed by atoms with Crippen LogP contribution < -0.4 is 21.1 Å². The number of likely N-dealkylation sites (N-methyl/N-ethyl adjacent to an activating group) is 1. The van der Waals surface area contributed by atoms with Gasteiger partial charge in [0.05, 0.1) is 13.1 Å². The highest BCUT2D eigenvalue weighted by molar-refractivity contribution is 6.30. The van der Waals surface area contributed by atoms with Crippen molar-refractivity contribution < 1.29 is 14.3 Å². The largest absolute Gasteiger partial charge is 0.492 e. The molecule has 9 heteroatoms.